The molecule has 0 saturated carbocycles. The Bertz CT molecular complexity index is 983. The van der Waals surface area contributed by atoms with E-state index >= 15 is 0 Å². The first-order valence-electron chi connectivity index (χ1n) is 10.3. The van der Waals surface area contributed by atoms with Crippen molar-refractivity contribution in [2.75, 3.05) is 33.3 Å². The number of benzene rings is 2. The van der Waals surface area contributed by atoms with Crippen LogP contribution >= 0.6 is 11.6 Å². The third kappa shape index (κ3) is 4.60. The number of hydrogen-bond acceptors (Lipinski definition) is 5. The first-order chi connectivity index (χ1) is 14.9. The number of likely N-dealkylation sites (tertiary alicyclic amines) is 1. The normalized spacial score (nSPS) is 18.1. The molecule has 0 radical (unpaired) electrons. The molecule has 1 aliphatic heterocycles. The number of aliphatic hydroxyl groups is 1. The molecule has 164 valence electrons. The summed E-state index contributed by atoms with van der Waals surface area (Å²) < 4.78 is 5.51. The zero-order valence-electron chi connectivity index (χ0n) is 18.0. The van der Waals surface area contributed by atoms with E-state index in [4.69, 9.17) is 16.3 Å². The number of ketones is 1. The Morgan fingerprint density at radius 1 is 1.10 bits per heavy atom. The van der Waals surface area contributed by atoms with Crippen LogP contribution < -0.4 is 4.74 Å². The first-order valence-corrected chi connectivity index (χ1v) is 10.7. The quantitative estimate of drug-likeness (QED) is 0.378. The van der Waals surface area contributed by atoms with Crippen molar-refractivity contribution < 1.29 is 19.4 Å². The molecule has 1 fully saturated rings. The van der Waals surface area contributed by atoms with E-state index in [1.54, 1.807) is 37.4 Å². The lowest BCUT2D eigenvalue weighted by Crippen LogP contribution is -2.38. The lowest BCUT2D eigenvalue weighted by molar-refractivity contribution is -0.140. The number of hydrogen-bond donors (Lipinski definition) is 1. The minimum Gasteiger partial charge on any atom is -0.507 e. The van der Waals surface area contributed by atoms with Gasteiger partial charge in [0.1, 0.15) is 11.5 Å². The lowest BCUT2D eigenvalue weighted by atomic mass is 9.94. The van der Waals surface area contributed by atoms with Gasteiger partial charge in [0.05, 0.1) is 18.7 Å². The van der Waals surface area contributed by atoms with Gasteiger partial charge >= 0.3 is 0 Å². The molecule has 0 spiro atoms. The van der Waals surface area contributed by atoms with Gasteiger partial charge in [-0.3, -0.25) is 9.59 Å². The SMILES string of the molecule is CCN(CC)CCN1C(=O)C(=O)C(=C(O)c2ccc(Cl)cc2)[C@H]1c1ccccc1OC. The van der Waals surface area contributed by atoms with E-state index in [1.807, 2.05) is 18.2 Å². The van der Waals surface area contributed by atoms with Crippen molar-refractivity contribution in [1.82, 2.24) is 9.80 Å². The van der Waals surface area contributed by atoms with Crippen molar-refractivity contribution >= 4 is 29.1 Å². The minimum absolute atomic E-state index is 0.0522. The van der Waals surface area contributed by atoms with Gasteiger partial charge in [0.15, 0.2) is 0 Å². The molecule has 3 rings (SSSR count). The average molecular weight is 443 g/mol. The van der Waals surface area contributed by atoms with E-state index in [2.05, 4.69) is 18.7 Å². The zero-order valence-corrected chi connectivity index (χ0v) is 18.7. The van der Waals surface area contributed by atoms with Crippen molar-refractivity contribution in [2.45, 2.75) is 19.9 Å². The molecule has 2 aromatic carbocycles. The summed E-state index contributed by atoms with van der Waals surface area (Å²) in [7, 11) is 1.54. The second-order valence-corrected chi connectivity index (χ2v) is 7.70. The number of amides is 1. The number of methoxy groups -OCH3 is 1. The van der Waals surface area contributed by atoms with Crippen LogP contribution in [0.2, 0.25) is 5.02 Å². The summed E-state index contributed by atoms with van der Waals surface area (Å²) in [5.41, 5.74) is 1.13. The minimum atomic E-state index is -0.748. The fourth-order valence-electron chi connectivity index (χ4n) is 3.88. The standard InChI is InChI=1S/C24H27ClN2O4/c1-4-26(5-2)14-15-27-21(18-8-6-7-9-19(18)31-3)20(23(29)24(27)30)22(28)16-10-12-17(25)13-11-16/h6-13,21,28H,4-5,14-15H2,1-3H3/t21-/m1/s1. The van der Waals surface area contributed by atoms with Crippen LogP contribution in [0.15, 0.2) is 54.1 Å². The fourth-order valence-corrected chi connectivity index (χ4v) is 4.00. The molecular weight excluding hydrogens is 416 g/mol. The summed E-state index contributed by atoms with van der Waals surface area (Å²) in [5, 5.41) is 11.6. The lowest BCUT2D eigenvalue weighted by Gasteiger charge is -2.29. The number of Topliss-reactive ketones (excluding diaryl/α,β-unsaturated/α-hetero) is 1. The summed E-state index contributed by atoms with van der Waals surface area (Å²) in [6, 6.07) is 13.0. The average Bonchev–Trinajstić information content (AvgIpc) is 3.04. The maximum atomic E-state index is 13.1. The van der Waals surface area contributed by atoms with Gasteiger partial charge in [0.2, 0.25) is 0 Å². The molecule has 7 heteroatoms. The molecule has 31 heavy (non-hydrogen) atoms. The molecule has 1 atom stereocenters. The predicted molar refractivity (Wildman–Crippen MR) is 121 cm³/mol. The Morgan fingerprint density at radius 3 is 2.35 bits per heavy atom. The number of carbonyl (C=O) groups is 2. The molecule has 0 unspecified atom stereocenters. The van der Waals surface area contributed by atoms with Crippen LogP contribution in [0.5, 0.6) is 5.75 Å². The predicted octanol–water partition coefficient (Wildman–Crippen LogP) is 4.11. The molecule has 6 nitrogen and oxygen atoms in total. The Kier molecular flexibility index (Phi) is 7.36. The molecule has 0 aliphatic carbocycles. The van der Waals surface area contributed by atoms with Crippen molar-refractivity contribution in [3.63, 3.8) is 0 Å². The molecule has 0 bridgehead atoms. The Labute approximate surface area is 187 Å². The summed E-state index contributed by atoms with van der Waals surface area (Å²) in [6.07, 6.45) is 0. The second kappa shape index (κ2) is 9.98. The van der Waals surface area contributed by atoms with Gasteiger partial charge in [-0.1, -0.05) is 43.6 Å². The number of carbonyl (C=O) groups excluding carboxylic acids is 2. The van der Waals surface area contributed by atoms with Crippen LogP contribution in [-0.2, 0) is 9.59 Å². The van der Waals surface area contributed by atoms with Crippen molar-refractivity contribution in [3.05, 3.63) is 70.3 Å². The molecule has 0 aromatic heterocycles. The van der Waals surface area contributed by atoms with Gasteiger partial charge in [-0.25, -0.2) is 0 Å². The first kappa shape index (κ1) is 22.8. The van der Waals surface area contributed by atoms with E-state index in [-0.39, 0.29) is 11.3 Å². The van der Waals surface area contributed by atoms with Gasteiger partial charge in [-0.15, -0.1) is 0 Å². The summed E-state index contributed by atoms with van der Waals surface area (Å²) >= 11 is 5.97. The Morgan fingerprint density at radius 2 is 1.74 bits per heavy atom. The number of ether oxygens (including phenoxy) is 1. The third-order valence-corrected chi connectivity index (χ3v) is 5.89. The van der Waals surface area contributed by atoms with E-state index in [1.165, 1.54) is 4.90 Å². The monoisotopic (exact) mass is 442 g/mol. The van der Waals surface area contributed by atoms with Crippen LogP contribution in [0.3, 0.4) is 0 Å². The van der Waals surface area contributed by atoms with Gasteiger partial charge in [0.25, 0.3) is 11.7 Å². The topological polar surface area (TPSA) is 70.1 Å². The van der Waals surface area contributed by atoms with Gasteiger partial charge in [-0.2, -0.15) is 0 Å². The molecule has 1 saturated heterocycles. The molecule has 1 N–H and O–H groups in total. The maximum absolute atomic E-state index is 13.1. The fraction of sp³-hybridized carbons (Fsp3) is 0.333. The highest BCUT2D eigenvalue weighted by molar-refractivity contribution is 6.46. The van der Waals surface area contributed by atoms with Crippen LogP contribution in [0, 0.1) is 0 Å². The number of nitrogens with zero attached hydrogens (tertiary/aromatic N) is 2. The smallest absolute Gasteiger partial charge is 0.295 e. The number of halogens is 1. The van der Waals surface area contributed by atoms with Crippen LogP contribution in [0.4, 0.5) is 0 Å². The number of rotatable bonds is 8. The zero-order chi connectivity index (χ0) is 22.5. The highest BCUT2D eigenvalue weighted by atomic mass is 35.5. The van der Waals surface area contributed by atoms with Crippen LogP contribution in [0.1, 0.15) is 31.0 Å². The largest absolute Gasteiger partial charge is 0.507 e. The number of likely N-dealkylation sites (N-methyl/N-ethyl adjacent to an activating group) is 1. The van der Waals surface area contributed by atoms with E-state index in [0.29, 0.717) is 35.0 Å². The van der Waals surface area contributed by atoms with Crippen molar-refractivity contribution in [2.24, 2.45) is 0 Å². The van der Waals surface area contributed by atoms with Gasteiger partial charge in [0, 0.05) is 29.2 Å². The van der Waals surface area contributed by atoms with E-state index < -0.39 is 17.7 Å². The van der Waals surface area contributed by atoms with Crippen molar-refractivity contribution in [1.29, 1.82) is 0 Å². The molecule has 1 heterocycles. The van der Waals surface area contributed by atoms with Crippen LogP contribution in [0.25, 0.3) is 5.76 Å². The van der Waals surface area contributed by atoms with Crippen molar-refractivity contribution in [3.8, 4) is 5.75 Å². The molecule has 2 aromatic rings. The van der Waals surface area contributed by atoms with E-state index in [0.717, 1.165) is 13.1 Å². The summed E-state index contributed by atoms with van der Waals surface area (Å²) in [4.78, 5) is 29.8. The summed E-state index contributed by atoms with van der Waals surface area (Å²) in [6.45, 7) is 6.75. The molecule has 1 aliphatic rings. The summed E-state index contributed by atoms with van der Waals surface area (Å²) in [5.74, 6) is -1.01. The number of para-hydroxylation sites is 1. The highest BCUT2D eigenvalue weighted by Crippen LogP contribution is 2.42. The molecular formula is C24H27ClN2O4. The Hall–Kier alpha value is -2.83. The van der Waals surface area contributed by atoms with Crippen LogP contribution in [-0.4, -0.2) is 59.9 Å². The van der Waals surface area contributed by atoms with E-state index in [9.17, 15) is 14.7 Å². The second-order valence-electron chi connectivity index (χ2n) is 7.27. The Balaban J connectivity index is 2.14. The third-order valence-electron chi connectivity index (χ3n) is 5.64. The molecule has 1 amide bonds. The van der Waals surface area contributed by atoms with Gasteiger partial charge < -0.3 is 19.6 Å². The van der Waals surface area contributed by atoms with Gasteiger partial charge in [-0.05, 0) is 43.4 Å². The highest BCUT2D eigenvalue weighted by Gasteiger charge is 2.46. The number of aliphatic hydroxyl groups excluding tert-OH is 1. The maximum Gasteiger partial charge on any atom is 0.295 e.